The summed E-state index contributed by atoms with van der Waals surface area (Å²) in [4.78, 5) is 8.29. The number of nitrogens with zero attached hydrogens (tertiary/aromatic N) is 2. The van der Waals surface area contributed by atoms with Gasteiger partial charge >= 0.3 is 0 Å². The first kappa shape index (κ1) is 10.9. The molecule has 0 radical (unpaired) electrons. The van der Waals surface area contributed by atoms with Crippen molar-refractivity contribution in [1.82, 2.24) is 9.97 Å². The van der Waals surface area contributed by atoms with E-state index in [1.807, 2.05) is 37.3 Å². The Labute approximate surface area is 99.5 Å². The maximum Gasteiger partial charge on any atom is 0.129 e. The van der Waals surface area contributed by atoms with E-state index in [0.717, 1.165) is 22.2 Å². The Morgan fingerprint density at radius 1 is 1.31 bits per heavy atom. The predicted molar refractivity (Wildman–Crippen MR) is 65.5 cm³/mol. The molecule has 0 bridgehead atoms. The smallest absolute Gasteiger partial charge is 0.129 e. The van der Waals surface area contributed by atoms with Crippen molar-refractivity contribution in [1.29, 1.82) is 0 Å². The molecule has 16 heavy (non-hydrogen) atoms. The molecule has 0 aliphatic heterocycles. The van der Waals surface area contributed by atoms with Crippen LogP contribution in [0.1, 0.15) is 11.4 Å². The highest BCUT2D eigenvalue weighted by atomic mass is 35.5. The Morgan fingerprint density at radius 2 is 2.19 bits per heavy atom. The maximum atomic E-state index is 5.90. The van der Waals surface area contributed by atoms with E-state index < -0.39 is 0 Å². The summed E-state index contributed by atoms with van der Waals surface area (Å²) in [6, 6.07) is 9.59. The Hall–Kier alpha value is -1.61. The van der Waals surface area contributed by atoms with Gasteiger partial charge in [-0.15, -0.1) is 0 Å². The third-order valence-electron chi connectivity index (χ3n) is 2.14. The first-order chi connectivity index (χ1) is 7.74. The molecule has 1 aromatic carbocycles. The zero-order valence-electron chi connectivity index (χ0n) is 8.94. The lowest BCUT2D eigenvalue weighted by atomic mass is 10.2. The fourth-order valence-electron chi connectivity index (χ4n) is 1.39. The van der Waals surface area contributed by atoms with Gasteiger partial charge in [-0.25, -0.2) is 9.97 Å². The number of aromatic nitrogens is 2. The van der Waals surface area contributed by atoms with Gasteiger partial charge in [0.05, 0.1) is 0 Å². The van der Waals surface area contributed by atoms with Crippen molar-refractivity contribution in [3.05, 3.63) is 52.9 Å². The van der Waals surface area contributed by atoms with Crippen LogP contribution in [-0.4, -0.2) is 9.97 Å². The van der Waals surface area contributed by atoms with Crippen LogP contribution in [0, 0.1) is 6.92 Å². The van der Waals surface area contributed by atoms with E-state index in [4.69, 9.17) is 11.6 Å². The maximum absolute atomic E-state index is 5.90. The second kappa shape index (κ2) is 4.94. The van der Waals surface area contributed by atoms with E-state index >= 15 is 0 Å². The second-order valence-corrected chi connectivity index (χ2v) is 3.91. The van der Waals surface area contributed by atoms with Crippen LogP contribution in [-0.2, 0) is 6.54 Å². The van der Waals surface area contributed by atoms with Crippen LogP contribution in [0.15, 0.2) is 36.5 Å². The molecule has 82 valence electrons. The lowest BCUT2D eigenvalue weighted by Crippen LogP contribution is -2.02. The molecule has 0 fully saturated rings. The first-order valence-corrected chi connectivity index (χ1v) is 5.40. The fraction of sp³-hybridized carbons (Fsp3) is 0.167. The Bertz CT molecular complexity index is 440. The average molecular weight is 234 g/mol. The average Bonchev–Trinajstić information content (AvgIpc) is 2.27. The molecule has 1 N–H and O–H groups in total. The molecule has 1 heterocycles. The largest absolute Gasteiger partial charge is 0.366 e. The molecule has 0 atom stereocenters. The molecule has 2 rings (SSSR count). The Morgan fingerprint density at radius 3 is 2.94 bits per heavy atom. The van der Waals surface area contributed by atoms with Gasteiger partial charge < -0.3 is 5.32 Å². The molecule has 0 saturated carbocycles. The van der Waals surface area contributed by atoms with Crippen LogP contribution in [0.5, 0.6) is 0 Å². The summed E-state index contributed by atoms with van der Waals surface area (Å²) in [5, 5.41) is 3.97. The molecule has 0 spiro atoms. The van der Waals surface area contributed by atoms with Crippen molar-refractivity contribution in [2.24, 2.45) is 0 Å². The van der Waals surface area contributed by atoms with Gasteiger partial charge in [0.25, 0.3) is 0 Å². The number of hydrogen-bond acceptors (Lipinski definition) is 3. The topological polar surface area (TPSA) is 37.8 Å². The van der Waals surface area contributed by atoms with Crippen molar-refractivity contribution >= 4 is 17.4 Å². The van der Waals surface area contributed by atoms with Gasteiger partial charge in [-0.2, -0.15) is 0 Å². The first-order valence-electron chi connectivity index (χ1n) is 5.02. The van der Waals surface area contributed by atoms with Gasteiger partial charge in [-0.05, 0) is 30.7 Å². The number of rotatable bonds is 3. The van der Waals surface area contributed by atoms with E-state index in [9.17, 15) is 0 Å². The van der Waals surface area contributed by atoms with E-state index in [1.54, 1.807) is 6.20 Å². The van der Waals surface area contributed by atoms with Gasteiger partial charge in [0.15, 0.2) is 0 Å². The molecule has 2 aromatic rings. The molecule has 3 nitrogen and oxygen atoms in total. The zero-order chi connectivity index (χ0) is 11.4. The highest BCUT2D eigenvalue weighted by Crippen LogP contribution is 2.12. The monoisotopic (exact) mass is 233 g/mol. The normalized spacial score (nSPS) is 10.1. The molecule has 0 aliphatic rings. The Kier molecular flexibility index (Phi) is 3.37. The van der Waals surface area contributed by atoms with Crippen molar-refractivity contribution in [2.45, 2.75) is 13.5 Å². The van der Waals surface area contributed by atoms with E-state index in [-0.39, 0.29) is 0 Å². The summed E-state index contributed by atoms with van der Waals surface area (Å²) < 4.78 is 0. The van der Waals surface area contributed by atoms with E-state index in [2.05, 4.69) is 15.3 Å². The van der Waals surface area contributed by atoms with Gasteiger partial charge in [0, 0.05) is 17.8 Å². The third kappa shape index (κ3) is 2.94. The number of halogens is 1. The highest BCUT2D eigenvalue weighted by Gasteiger charge is 1.96. The molecule has 1 aromatic heterocycles. The van der Waals surface area contributed by atoms with Gasteiger partial charge in [-0.1, -0.05) is 23.7 Å². The van der Waals surface area contributed by atoms with Gasteiger partial charge in [-0.3, -0.25) is 0 Å². The third-order valence-corrected chi connectivity index (χ3v) is 2.37. The minimum atomic E-state index is 0.705. The summed E-state index contributed by atoms with van der Waals surface area (Å²) in [6.45, 7) is 2.57. The van der Waals surface area contributed by atoms with Crippen molar-refractivity contribution < 1.29 is 0 Å². The molecular formula is C12H12ClN3. The number of benzene rings is 1. The van der Waals surface area contributed by atoms with Crippen molar-refractivity contribution in [3.8, 4) is 0 Å². The number of nitrogens with one attached hydrogen (secondary N) is 1. The fourth-order valence-corrected chi connectivity index (χ4v) is 1.61. The predicted octanol–water partition coefficient (Wildman–Crippen LogP) is 3.05. The number of aryl methyl sites for hydroxylation is 1. The number of hydrogen-bond donors (Lipinski definition) is 1. The molecule has 0 saturated heterocycles. The van der Waals surface area contributed by atoms with Crippen LogP contribution in [0.3, 0.4) is 0 Å². The Balaban J connectivity index is 2.02. The summed E-state index contributed by atoms with van der Waals surface area (Å²) in [5.41, 5.74) is 1.13. The molecule has 0 amide bonds. The second-order valence-electron chi connectivity index (χ2n) is 3.47. The highest BCUT2D eigenvalue weighted by molar-refractivity contribution is 6.30. The summed E-state index contributed by atoms with van der Waals surface area (Å²) >= 11 is 5.90. The van der Waals surface area contributed by atoms with Gasteiger partial charge in [0.2, 0.25) is 0 Å². The summed E-state index contributed by atoms with van der Waals surface area (Å²) in [6.07, 6.45) is 1.74. The summed E-state index contributed by atoms with van der Waals surface area (Å²) in [5.74, 6) is 1.59. The van der Waals surface area contributed by atoms with Crippen LogP contribution < -0.4 is 5.32 Å². The van der Waals surface area contributed by atoms with Crippen molar-refractivity contribution in [3.63, 3.8) is 0 Å². The minimum Gasteiger partial charge on any atom is -0.366 e. The molecule has 4 heteroatoms. The van der Waals surface area contributed by atoms with E-state index in [1.165, 1.54) is 0 Å². The molecular weight excluding hydrogens is 222 g/mol. The van der Waals surface area contributed by atoms with Crippen molar-refractivity contribution in [2.75, 3.05) is 5.32 Å². The molecule has 0 aliphatic carbocycles. The zero-order valence-corrected chi connectivity index (χ0v) is 9.70. The summed E-state index contributed by atoms with van der Waals surface area (Å²) in [7, 11) is 0. The molecule has 0 unspecified atom stereocenters. The quantitative estimate of drug-likeness (QED) is 0.886. The van der Waals surface area contributed by atoms with Crippen LogP contribution in [0.2, 0.25) is 5.02 Å². The van der Waals surface area contributed by atoms with Crippen LogP contribution in [0.25, 0.3) is 0 Å². The van der Waals surface area contributed by atoms with E-state index in [0.29, 0.717) is 6.54 Å². The lowest BCUT2D eigenvalue weighted by molar-refractivity contribution is 1.02. The van der Waals surface area contributed by atoms with Gasteiger partial charge in [0.1, 0.15) is 11.6 Å². The number of anilines is 1. The lowest BCUT2D eigenvalue weighted by Gasteiger charge is -2.06. The SMILES string of the molecule is Cc1nccc(NCc2cccc(Cl)c2)n1. The van der Waals surface area contributed by atoms with Crippen LogP contribution in [0.4, 0.5) is 5.82 Å². The minimum absolute atomic E-state index is 0.705. The van der Waals surface area contributed by atoms with Crippen LogP contribution >= 0.6 is 11.6 Å². The standard InChI is InChI=1S/C12H12ClN3/c1-9-14-6-5-12(16-9)15-8-10-3-2-4-11(13)7-10/h2-7H,8H2,1H3,(H,14,15,16).